The van der Waals surface area contributed by atoms with E-state index in [1.54, 1.807) is 19.0 Å². The van der Waals surface area contributed by atoms with Crippen molar-refractivity contribution >= 4 is 11.9 Å². The lowest BCUT2D eigenvalue weighted by atomic mass is 9.95. The van der Waals surface area contributed by atoms with E-state index in [4.69, 9.17) is 0 Å². The third-order valence-electron chi connectivity index (χ3n) is 5.42. The van der Waals surface area contributed by atoms with Crippen molar-refractivity contribution in [3.05, 3.63) is 0 Å². The fourth-order valence-electron chi connectivity index (χ4n) is 3.61. The highest BCUT2D eigenvalue weighted by Crippen LogP contribution is 2.18. The number of amides is 1. The average molecular weight is 352 g/mol. The Balaban J connectivity index is 1.91. The van der Waals surface area contributed by atoms with Crippen molar-refractivity contribution in [2.45, 2.75) is 76.9 Å². The van der Waals surface area contributed by atoms with E-state index in [9.17, 15) is 4.79 Å². The molecule has 2 fully saturated rings. The molecule has 1 aliphatic carbocycles. The Labute approximate surface area is 153 Å². The van der Waals surface area contributed by atoms with Gasteiger partial charge in [-0.05, 0) is 39.5 Å². The molecular weight excluding hydrogens is 314 g/mol. The second kappa shape index (κ2) is 10.00. The minimum absolute atomic E-state index is 0.0411. The van der Waals surface area contributed by atoms with Gasteiger partial charge in [0.15, 0.2) is 5.96 Å². The third-order valence-corrected chi connectivity index (χ3v) is 5.42. The fraction of sp³-hybridized carbons (Fsp3) is 0.895. The normalized spacial score (nSPS) is 21.4. The maximum atomic E-state index is 11.9. The number of nitrogens with one attached hydrogen (secondary N) is 2. The van der Waals surface area contributed by atoms with Crippen molar-refractivity contribution in [2.75, 3.05) is 33.7 Å². The van der Waals surface area contributed by atoms with Gasteiger partial charge in [0.1, 0.15) is 6.54 Å². The molecule has 2 aliphatic rings. The summed E-state index contributed by atoms with van der Waals surface area (Å²) < 4.78 is 0. The highest BCUT2D eigenvalue weighted by molar-refractivity contribution is 5.85. The van der Waals surface area contributed by atoms with E-state index >= 15 is 0 Å². The van der Waals surface area contributed by atoms with Crippen molar-refractivity contribution in [2.24, 2.45) is 4.99 Å². The quantitative estimate of drug-likeness (QED) is 0.586. The summed E-state index contributed by atoms with van der Waals surface area (Å²) in [5.41, 5.74) is 0. The van der Waals surface area contributed by atoms with Crippen molar-refractivity contribution in [3.63, 3.8) is 0 Å². The minimum atomic E-state index is 0.0411. The second-order valence-corrected chi connectivity index (χ2v) is 7.98. The molecule has 0 aromatic rings. The molecule has 6 heteroatoms. The molecule has 2 rings (SSSR count). The Morgan fingerprint density at radius 1 is 1.04 bits per heavy atom. The largest absolute Gasteiger partial charge is 0.354 e. The number of carbonyl (C=O) groups is 1. The third kappa shape index (κ3) is 6.84. The van der Waals surface area contributed by atoms with Crippen molar-refractivity contribution in [1.82, 2.24) is 20.4 Å². The van der Waals surface area contributed by atoms with Gasteiger partial charge in [-0.2, -0.15) is 0 Å². The van der Waals surface area contributed by atoms with Gasteiger partial charge in [0.05, 0.1) is 0 Å². The molecule has 2 N–H and O–H groups in total. The summed E-state index contributed by atoms with van der Waals surface area (Å²) in [5.74, 6) is 0.865. The van der Waals surface area contributed by atoms with Gasteiger partial charge in [-0.3, -0.25) is 4.79 Å². The molecule has 1 saturated heterocycles. The minimum Gasteiger partial charge on any atom is -0.354 e. The summed E-state index contributed by atoms with van der Waals surface area (Å²) >= 11 is 0. The van der Waals surface area contributed by atoms with Crippen LogP contribution in [-0.2, 0) is 4.79 Å². The van der Waals surface area contributed by atoms with E-state index in [1.807, 2.05) is 0 Å². The smallest absolute Gasteiger partial charge is 0.243 e. The Hall–Kier alpha value is -1.30. The lowest BCUT2D eigenvalue weighted by Gasteiger charge is -2.36. The number of likely N-dealkylation sites (N-methyl/N-ethyl adjacent to an activating group) is 1. The van der Waals surface area contributed by atoms with Crippen molar-refractivity contribution in [1.29, 1.82) is 0 Å². The van der Waals surface area contributed by atoms with Crippen LogP contribution < -0.4 is 10.6 Å². The van der Waals surface area contributed by atoms with Crippen LogP contribution in [0.2, 0.25) is 0 Å². The zero-order chi connectivity index (χ0) is 18.2. The zero-order valence-corrected chi connectivity index (χ0v) is 16.6. The molecule has 25 heavy (non-hydrogen) atoms. The number of nitrogens with zero attached hydrogens (tertiary/aromatic N) is 3. The fourth-order valence-corrected chi connectivity index (χ4v) is 3.61. The monoisotopic (exact) mass is 351 g/mol. The number of hydrogen-bond acceptors (Lipinski definition) is 3. The first-order valence-electron chi connectivity index (χ1n) is 9.97. The summed E-state index contributed by atoms with van der Waals surface area (Å²) in [5, 5.41) is 7.18. The van der Waals surface area contributed by atoms with Crippen LogP contribution in [-0.4, -0.2) is 73.5 Å². The summed E-state index contributed by atoms with van der Waals surface area (Å²) in [6, 6.07) is 1.55. The topological polar surface area (TPSA) is 60.0 Å². The molecule has 0 aromatic carbocycles. The first-order valence-corrected chi connectivity index (χ1v) is 9.97. The first-order chi connectivity index (χ1) is 12.0. The molecule has 0 spiro atoms. The number of piperidine rings is 1. The molecule has 1 amide bonds. The molecular formula is C19H37N5O. The Morgan fingerprint density at radius 3 is 2.12 bits per heavy atom. The summed E-state index contributed by atoms with van der Waals surface area (Å²) in [7, 11) is 3.56. The van der Waals surface area contributed by atoms with Crippen LogP contribution in [0, 0.1) is 0 Å². The van der Waals surface area contributed by atoms with Crippen LogP contribution >= 0.6 is 0 Å². The predicted octanol–water partition coefficient (Wildman–Crippen LogP) is 1.82. The van der Waals surface area contributed by atoms with E-state index in [0.717, 1.165) is 31.9 Å². The van der Waals surface area contributed by atoms with Crippen LogP contribution in [0.15, 0.2) is 4.99 Å². The van der Waals surface area contributed by atoms with Gasteiger partial charge in [0, 0.05) is 45.3 Å². The molecule has 6 nitrogen and oxygen atoms in total. The van der Waals surface area contributed by atoms with Crippen LogP contribution in [0.25, 0.3) is 0 Å². The SMILES string of the molecule is CC(C)N1CCC(NC(=NCC(=O)N(C)C)NC2CCCCC2)CC1. The number of guanidine groups is 1. The molecule has 144 valence electrons. The molecule has 1 heterocycles. The molecule has 1 aliphatic heterocycles. The van der Waals surface area contributed by atoms with Gasteiger partial charge in [-0.25, -0.2) is 4.99 Å². The standard InChI is InChI=1S/C19H37N5O/c1-15(2)24-12-10-17(11-13-24)22-19(20-14-18(25)23(3)4)21-16-8-6-5-7-9-16/h15-17H,5-14H2,1-4H3,(H2,20,21,22). The highest BCUT2D eigenvalue weighted by atomic mass is 16.2. The van der Waals surface area contributed by atoms with E-state index < -0.39 is 0 Å². The van der Waals surface area contributed by atoms with Gasteiger partial charge in [0.25, 0.3) is 0 Å². The van der Waals surface area contributed by atoms with E-state index in [-0.39, 0.29) is 12.5 Å². The van der Waals surface area contributed by atoms with Crippen LogP contribution in [0.3, 0.4) is 0 Å². The van der Waals surface area contributed by atoms with Gasteiger partial charge >= 0.3 is 0 Å². The van der Waals surface area contributed by atoms with E-state index in [2.05, 4.69) is 34.4 Å². The lowest BCUT2D eigenvalue weighted by molar-refractivity contribution is -0.127. The number of carbonyl (C=O) groups excluding carboxylic acids is 1. The lowest BCUT2D eigenvalue weighted by Crippen LogP contribution is -2.52. The number of likely N-dealkylation sites (tertiary alicyclic amines) is 1. The number of aliphatic imine (C=N–C) groups is 1. The van der Waals surface area contributed by atoms with Crippen LogP contribution in [0.1, 0.15) is 58.8 Å². The molecule has 0 radical (unpaired) electrons. The Kier molecular flexibility index (Phi) is 8.00. The van der Waals surface area contributed by atoms with Crippen molar-refractivity contribution in [3.8, 4) is 0 Å². The Bertz CT molecular complexity index is 435. The first kappa shape index (κ1) is 20.0. The maximum absolute atomic E-state index is 11.9. The second-order valence-electron chi connectivity index (χ2n) is 7.98. The van der Waals surface area contributed by atoms with Crippen LogP contribution in [0.4, 0.5) is 0 Å². The van der Waals surface area contributed by atoms with Crippen molar-refractivity contribution < 1.29 is 4.79 Å². The molecule has 0 aromatic heterocycles. The number of rotatable bonds is 5. The van der Waals surface area contributed by atoms with Gasteiger partial charge in [-0.1, -0.05) is 19.3 Å². The average Bonchev–Trinajstić information content (AvgIpc) is 2.60. The maximum Gasteiger partial charge on any atom is 0.243 e. The van der Waals surface area contributed by atoms with E-state index in [1.165, 1.54) is 32.1 Å². The molecule has 1 saturated carbocycles. The van der Waals surface area contributed by atoms with Gasteiger partial charge < -0.3 is 20.4 Å². The van der Waals surface area contributed by atoms with Gasteiger partial charge in [0.2, 0.25) is 5.91 Å². The summed E-state index contributed by atoms with van der Waals surface area (Å²) in [6.07, 6.45) is 8.58. The van der Waals surface area contributed by atoms with Gasteiger partial charge in [-0.15, -0.1) is 0 Å². The number of hydrogen-bond donors (Lipinski definition) is 2. The summed E-state index contributed by atoms with van der Waals surface area (Å²) in [6.45, 7) is 6.99. The van der Waals surface area contributed by atoms with Crippen LogP contribution in [0.5, 0.6) is 0 Å². The highest BCUT2D eigenvalue weighted by Gasteiger charge is 2.23. The zero-order valence-electron chi connectivity index (χ0n) is 16.6. The molecule has 0 atom stereocenters. The Morgan fingerprint density at radius 2 is 1.60 bits per heavy atom. The predicted molar refractivity (Wildman–Crippen MR) is 104 cm³/mol. The molecule has 0 unspecified atom stereocenters. The van der Waals surface area contributed by atoms with E-state index in [0.29, 0.717) is 18.1 Å². The summed E-state index contributed by atoms with van der Waals surface area (Å²) in [4.78, 5) is 20.6. The molecule has 0 bridgehead atoms.